The number of hydrogen-bond donors (Lipinski definition) is 0. The minimum atomic E-state index is -1.84. The van der Waals surface area contributed by atoms with Crippen molar-refractivity contribution in [2.24, 2.45) is 0 Å². The van der Waals surface area contributed by atoms with Crippen LogP contribution < -0.4 is 0 Å². The number of rotatable bonds is 3. The molecule has 0 spiro atoms. The maximum absolute atomic E-state index is 12.2. The highest BCUT2D eigenvalue weighted by Crippen LogP contribution is 2.41. The van der Waals surface area contributed by atoms with Gasteiger partial charge in [0.1, 0.15) is 0 Å². The third kappa shape index (κ3) is 2.86. The summed E-state index contributed by atoms with van der Waals surface area (Å²) < 4.78 is 7.40. The van der Waals surface area contributed by atoms with E-state index in [0.29, 0.717) is 11.3 Å². The summed E-state index contributed by atoms with van der Waals surface area (Å²) in [5, 5.41) is 1.29. The Bertz CT molecular complexity index is 968. The van der Waals surface area contributed by atoms with Crippen molar-refractivity contribution in [1.29, 1.82) is 0 Å². The molecule has 0 N–H and O–H groups in total. The van der Waals surface area contributed by atoms with Crippen molar-refractivity contribution in [1.82, 2.24) is 9.22 Å². The van der Waals surface area contributed by atoms with Gasteiger partial charge in [-0.2, -0.15) is 0 Å². The number of para-hydroxylation sites is 1. The molecular weight excluding hydrogens is 340 g/mol. The number of carbonyl (C=O) groups is 1. The number of benzene rings is 1. The Hall–Kier alpha value is -2.40. The SMILES string of the molecule is COC(=O)c1cccnc1-c1cn([Si](C)(C)C(C)(C)C)c2ccccc12. The summed E-state index contributed by atoms with van der Waals surface area (Å²) >= 11 is 0. The molecule has 136 valence electrons. The molecule has 0 radical (unpaired) electrons. The van der Waals surface area contributed by atoms with Gasteiger partial charge < -0.3 is 8.97 Å². The number of pyridine rings is 1. The Labute approximate surface area is 155 Å². The van der Waals surface area contributed by atoms with Crippen LogP contribution in [-0.2, 0) is 4.74 Å². The molecule has 2 heterocycles. The first-order valence-electron chi connectivity index (χ1n) is 8.83. The van der Waals surface area contributed by atoms with Crippen LogP contribution in [0.2, 0.25) is 18.1 Å². The van der Waals surface area contributed by atoms with Gasteiger partial charge in [0.2, 0.25) is 0 Å². The lowest BCUT2D eigenvalue weighted by Gasteiger charge is -2.38. The van der Waals surface area contributed by atoms with Gasteiger partial charge in [-0.05, 0) is 23.2 Å². The van der Waals surface area contributed by atoms with Gasteiger partial charge in [-0.25, -0.2) is 4.79 Å². The summed E-state index contributed by atoms with van der Waals surface area (Å²) in [4.78, 5) is 16.8. The van der Waals surface area contributed by atoms with E-state index in [2.05, 4.69) is 67.5 Å². The zero-order valence-electron chi connectivity index (χ0n) is 16.3. The van der Waals surface area contributed by atoms with Gasteiger partial charge in [-0.15, -0.1) is 0 Å². The standard InChI is InChI=1S/C21H26N2O2Si/c1-21(2,3)26(5,6)23-14-17(15-10-7-8-12-18(15)23)19-16(20(24)25-4)11-9-13-22-19/h7-14H,1-6H3. The molecule has 0 aliphatic heterocycles. The van der Waals surface area contributed by atoms with Gasteiger partial charge in [0, 0.05) is 28.9 Å². The molecule has 0 bridgehead atoms. The van der Waals surface area contributed by atoms with Crippen LogP contribution >= 0.6 is 0 Å². The van der Waals surface area contributed by atoms with Gasteiger partial charge in [0.05, 0.1) is 18.4 Å². The van der Waals surface area contributed by atoms with Crippen molar-refractivity contribution in [3.8, 4) is 11.3 Å². The molecule has 0 saturated carbocycles. The number of nitrogens with zero attached hydrogens (tertiary/aromatic N) is 2. The molecule has 0 atom stereocenters. The van der Waals surface area contributed by atoms with Crippen LogP contribution in [0.4, 0.5) is 0 Å². The lowest BCUT2D eigenvalue weighted by molar-refractivity contribution is 0.0601. The molecular formula is C21H26N2O2Si. The lowest BCUT2D eigenvalue weighted by atomic mass is 10.1. The number of fused-ring (bicyclic) bond motifs is 1. The van der Waals surface area contributed by atoms with E-state index >= 15 is 0 Å². The monoisotopic (exact) mass is 366 g/mol. The number of carbonyl (C=O) groups excluding carboxylic acids is 1. The first kappa shape index (κ1) is 18.4. The first-order valence-corrected chi connectivity index (χ1v) is 11.8. The highest BCUT2D eigenvalue weighted by Gasteiger charge is 2.38. The summed E-state index contributed by atoms with van der Waals surface area (Å²) in [6, 6.07) is 11.9. The van der Waals surface area contributed by atoms with Crippen LogP contribution in [0, 0.1) is 0 Å². The van der Waals surface area contributed by atoms with E-state index in [-0.39, 0.29) is 11.0 Å². The number of aromatic nitrogens is 2. The average molecular weight is 367 g/mol. The minimum absolute atomic E-state index is 0.182. The quantitative estimate of drug-likeness (QED) is 0.464. The molecule has 3 rings (SSSR count). The second-order valence-corrected chi connectivity index (χ2v) is 13.2. The fourth-order valence-corrected chi connectivity index (χ4v) is 5.06. The lowest BCUT2D eigenvalue weighted by Crippen LogP contribution is -2.44. The molecule has 0 saturated heterocycles. The summed E-state index contributed by atoms with van der Waals surface area (Å²) in [7, 11) is -0.437. The predicted octanol–water partition coefficient (Wildman–Crippen LogP) is 5.34. The van der Waals surface area contributed by atoms with Gasteiger partial charge >= 0.3 is 5.97 Å². The molecule has 5 heteroatoms. The Morgan fingerprint density at radius 2 is 1.81 bits per heavy atom. The second-order valence-electron chi connectivity index (χ2n) is 8.13. The summed E-state index contributed by atoms with van der Waals surface area (Å²) in [5.74, 6) is -0.364. The van der Waals surface area contributed by atoms with Crippen molar-refractivity contribution < 1.29 is 9.53 Å². The molecule has 0 fully saturated rings. The topological polar surface area (TPSA) is 44.1 Å². The summed E-state index contributed by atoms with van der Waals surface area (Å²) in [6.07, 6.45) is 3.90. The van der Waals surface area contributed by atoms with Crippen LogP contribution in [0.3, 0.4) is 0 Å². The van der Waals surface area contributed by atoms with Crippen LogP contribution in [0.5, 0.6) is 0 Å². The number of methoxy groups -OCH3 is 1. The Morgan fingerprint density at radius 3 is 2.46 bits per heavy atom. The van der Waals surface area contributed by atoms with E-state index in [4.69, 9.17) is 4.74 Å². The van der Waals surface area contributed by atoms with E-state index in [0.717, 1.165) is 10.9 Å². The van der Waals surface area contributed by atoms with Crippen molar-refractivity contribution in [2.75, 3.05) is 7.11 Å². The largest absolute Gasteiger partial charge is 0.465 e. The van der Waals surface area contributed by atoms with Crippen molar-refractivity contribution in [3.05, 3.63) is 54.4 Å². The molecule has 4 nitrogen and oxygen atoms in total. The average Bonchev–Trinajstić information content (AvgIpc) is 3.00. The van der Waals surface area contributed by atoms with Gasteiger partial charge in [0.15, 0.2) is 8.24 Å². The fraction of sp³-hybridized carbons (Fsp3) is 0.333. The molecule has 0 aliphatic carbocycles. The Balaban J connectivity index is 2.33. The first-order chi connectivity index (χ1) is 12.2. The minimum Gasteiger partial charge on any atom is -0.465 e. The van der Waals surface area contributed by atoms with Crippen LogP contribution in [0.25, 0.3) is 22.2 Å². The van der Waals surface area contributed by atoms with Gasteiger partial charge in [0.25, 0.3) is 0 Å². The second kappa shape index (κ2) is 6.40. The van der Waals surface area contributed by atoms with E-state index in [1.54, 1.807) is 18.3 Å². The van der Waals surface area contributed by atoms with Gasteiger partial charge in [-0.1, -0.05) is 52.1 Å². The molecule has 1 aromatic carbocycles. The Morgan fingerprint density at radius 1 is 1.12 bits per heavy atom. The molecule has 0 amide bonds. The molecule has 0 unspecified atom stereocenters. The highest BCUT2D eigenvalue weighted by molar-refractivity contribution is 6.79. The molecule has 2 aromatic heterocycles. The van der Waals surface area contributed by atoms with E-state index in [1.165, 1.54) is 12.6 Å². The van der Waals surface area contributed by atoms with Crippen LogP contribution in [-0.4, -0.2) is 30.5 Å². The van der Waals surface area contributed by atoms with Crippen molar-refractivity contribution in [3.63, 3.8) is 0 Å². The smallest absolute Gasteiger partial charge is 0.340 e. The van der Waals surface area contributed by atoms with Crippen molar-refractivity contribution in [2.45, 2.75) is 38.9 Å². The zero-order chi connectivity index (χ0) is 19.1. The maximum atomic E-state index is 12.2. The molecule has 26 heavy (non-hydrogen) atoms. The van der Waals surface area contributed by atoms with Gasteiger partial charge in [-0.3, -0.25) is 4.98 Å². The van der Waals surface area contributed by atoms with E-state index < -0.39 is 8.24 Å². The zero-order valence-corrected chi connectivity index (χ0v) is 17.3. The summed E-state index contributed by atoms with van der Waals surface area (Å²) in [6.45, 7) is 11.7. The number of ether oxygens (including phenoxy) is 1. The molecule has 0 aliphatic rings. The Kier molecular flexibility index (Phi) is 4.52. The third-order valence-electron chi connectivity index (χ3n) is 5.62. The van der Waals surface area contributed by atoms with E-state index in [9.17, 15) is 4.79 Å². The van der Waals surface area contributed by atoms with Crippen molar-refractivity contribution >= 4 is 25.1 Å². The molecule has 3 aromatic rings. The maximum Gasteiger partial charge on any atom is 0.340 e. The van der Waals surface area contributed by atoms with Crippen LogP contribution in [0.15, 0.2) is 48.8 Å². The van der Waals surface area contributed by atoms with E-state index in [1.807, 2.05) is 6.07 Å². The predicted molar refractivity (Wildman–Crippen MR) is 109 cm³/mol. The highest BCUT2D eigenvalue weighted by atomic mass is 28.3. The fourth-order valence-electron chi connectivity index (χ4n) is 3.09. The summed E-state index contributed by atoms with van der Waals surface area (Å²) in [5.41, 5.74) is 3.34. The van der Waals surface area contributed by atoms with Crippen LogP contribution in [0.1, 0.15) is 31.1 Å². The normalized spacial score (nSPS) is 12.4. The number of esters is 1. The number of hydrogen-bond acceptors (Lipinski definition) is 3. The third-order valence-corrected chi connectivity index (χ3v) is 10.9.